The molecule has 2 heterocycles. The number of carbonyl (C=O) groups is 2. The lowest BCUT2D eigenvalue weighted by atomic mass is 9.93. The van der Waals surface area contributed by atoms with E-state index < -0.39 is 12.6 Å². The van der Waals surface area contributed by atoms with Crippen molar-refractivity contribution < 1.29 is 24.2 Å². The summed E-state index contributed by atoms with van der Waals surface area (Å²) >= 11 is 0. The van der Waals surface area contributed by atoms with E-state index in [2.05, 4.69) is 30.9 Å². The lowest BCUT2D eigenvalue weighted by molar-refractivity contribution is -0.139. The predicted octanol–water partition coefficient (Wildman–Crippen LogP) is 3.82. The smallest absolute Gasteiger partial charge is 0.341 e. The zero-order chi connectivity index (χ0) is 22.9. The molecular weight excluding hydrogens is 408 g/mol. The standard InChI is InChI=1S/C25H30N2O5/c1-25(2)15-21-20(27(25)17-8-6-9-18(14-17)31-3)11-7-13-26(21)24(30)19-10-4-5-12-22(19)32-16-23(28)29/h4-6,8-10,12,14,20-21H,7,11,13,15-16H2,1-3H3,(H,28,29)/t20-,21-/m0/s1. The third kappa shape index (κ3) is 4.11. The van der Waals surface area contributed by atoms with Crippen molar-refractivity contribution >= 4 is 17.6 Å². The van der Waals surface area contributed by atoms with Gasteiger partial charge in [0.15, 0.2) is 6.61 Å². The van der Waals surface area contributed by atoms with Crippen molar-refractivity contribution in [1.29, 1.82) is 0 Å². The van der Waals surface area contributed by atoms with Crippen molar-refractivity contribution in [3.8, 4) is 11.5 Å². The summed E-state index contributed by atoms with van der Waals surface area (Å²) in [4.78, 5) is 29.0. The molecule has 0 aliphatic carbocycles. The van der Waals surface area contributed by atoms with Gasteiger partial charge in [-0.25, -0.2) is 4.79 Å². The molecule has 7 heteroatoms. The van der Waals surface area contributed by atoms with E-state index in [1.807, 2.05) is 17.0 Å². The van der Waals surface area contributed by atoms with Gasteiger partial charge in [0.25, 0.3) is 5.91 Å². The zero-order valence-corrected chi connectivity index (χ0v) is 18.8. The molecule has 2 atom stereocenters. The maximum absolute atomic E-state index is 13.6. The van der Waals surface area contributed by atoms with Crippen LogP contribution in [0.1, 0.15) is 43.5 Å². The second-order valence-electron chi connectivity index (χ2n) is 9.04. The number of fused-ring (bicyclic) bond motifs is 1. The van der Waals surface area contributed by atoms with E-state index in [0.29, 0.717) is 17.9 Å². The second kappa shape index (κ2) is 8.73. The minimum atomic E-state index is -1.07. The van der Waals surface area contributed by atoms with Crippen LogP contribution in [-0.4, -0.2) is 59.8 Å². The molecule has 0 unspecified atom stereocenters. The first-order valence-corrected chi connectivity index (χ1v) is 11.0. The van der Waals surface area contributed by atoms with Gasteiger partial charge in [-0.05, 0) is 57.4 Å². The van der Waals surface area contributed by atoms with Crippen molar-refractivity contribution in [2.75, 3.05) is 25.2 Å². The van der Waals surface area contributed by atoms with Crippen molar-refractivity contribution in [3.05, 3.63) is 54.1 Å². The number of carboxylic acids is 1. The average molecular weight is 439 g/mol. The van der Waals surface area contributed by atoms with Crippen molar-refractivity contribution in [2.24, 2.45) is 0 Å². The molecule has 0 spiro atoms. The fourth-order valence-corrected chi connectivity index (χ4v) is 5.26. The molecule has 0 aromatic heterocycles. The Labute approximate surface area is 188 Å². The number of ether oxygens (including phenoxy) is 2. The van der Waals surface area contributed by atoms with Gasteiger partial charge < -0.3 is 24.4 Å². The highest BCUT2D eigenvalue weighted by molar-refractivity contribution is 5.97. The van der Waals surface area contributed by atoms with E-state index in [0.717, 1.165) is 30.7 Å². The molecule has 170 valence electrons. The molecule has 2 aliphatic heterocycles. The summed E-state index contributed by atoms with van der Waals surface area (Å²) in [6.07, 6.45) is 2.76. The van der Waals surface area contributed by atoms with Crippen LogP contribution in [0.2, 0.25) is 0 Å². The molecule has 32 heavy (non-hydrogen) atoms. The third-order valence-electron chi connectivity index (χ3n) is 6.50. The minimum absolute atomic E-state index is 0.0602. The van der Waals surface area contributed by atoms with Gasteiger partial charge in [0, 0.05) is 23.8 Å². The first kappa shape index (κ1) is 22.0. The van der Waals surface area contributed by atoms with Gasteiger partial charge in [-0.2, -0.15) is 0 Å². The topological polar surface area (TPSA) is 79.3 Å². The fraction of sp³-hybridized carbons (Fsp3) is 0.440. The normalized spacial score (nSPS) is 21.7. The van der Waals surface area contributed by atoms with Gasteiger partial charge in [-0.3, -0.25) is 4.79 Å². The minimum Gasteiger partial charge on any atom is -0.497 e. The maximum Gasteiger partial charge on any atom is 0.341 e. The second-order valence-corrected chi connectivity index (χ2v) is 9.04. The van der Waals surface area contributed by atoms with Crippen molar-refractivity contribution in [2.45, 2.75) is 50.7 Å². The van der Waals surface area contributed by atoms with Crippen LogP contribution in [0.25, 0.3) is 0 Å². The van der Waals surface area contributed by atoms with Crippen LogP contribution in [0.4, 0.5) is 5.69 Å². The number of aliphatic carboxylic acids is 1. The summed E-state index contributed by atoms with van der Waals surface area (Å²) in [7, 11) is 1.67. The first-order valence-electron chi connectivity index (χ1n) is 11.0. The summed E-state index contributed by atoms with van der Waals surface area (Å²) in [5, 5.41) is 8.97. The number of benzene rings is 2. The molecule has 0 saturated carbocycles. The van der Waals surface area contributed by atoms with Crippen LogP contribution in [0.3, 0.4) is 0 Å². The lowest BCUT2D eigenvalue weighted by Gasteiger charge is -2.42. The summed E-state index contributed by atoms with van der Waals surface area (Å²) in [5.74, 6) is -0.0559. The van der Waals surface area contributed by atoms with Gasteiger partial charge in [0.2, 0.25) is 0 Å². The van der Waals surface area contributed by atoms with Crippen molar-refractivity contribution in [3.63, 3.8) is 0 Å². The monoisotopic (exact) mass is 438 g/mol. The molecule has 4 rings (SSSR count). The van der Waals surface area contributed by atoms with E-state index in [1.165, 1.54) is 0 Å². The van der Waals surface area contributed by atoms with Crippen LogP contribution in [0, 0.1) is 0 Å². The molecule has 2 aliphatic rings. The number of anilines is 1. The Morgan fingerprint density at radius 1 is 1.12 bits per heavy atom. The highest BCUT2D eigenvalue weighted by Crippen LogP contribution is 2.44. The molecular formula is C25H30N2O5. The predicted molar refractivity (Wildman–Crippen MR) is 122 cm³/mol. The number of para-hydroxylation sites is 1. The SMILES string of the molecule is COc1cccc(N2[C@H]3CCCN(C(=O)c4ccccc4OCC(=O)O)[C@H]3CC2(C)C)c1. The van der Waals surface area contributed by atoms with Crippen molar-refractivity contribution in [1.82, 2.24) is 4.90 Å². The number of likely N-dealkylation sites (tertiary alicyclic amines) is 1. The number of carbonyl (C=O) groups excluding carboxylic acids is 1. The Kier molecular flexibility index (Phi) is 6.00. The Morgan fingerprint density at radius 3 is 2.66 bits per heavy atom. The number of methoxy groups -OCH3 is 1. The zero-order valence-electron chi connectivity index (χ0n) is 18.8. The van der Waals surface area contributed by atoms with Gasteiger partial charge in [-0.1, -0.05) is 18.2 Å². The maximum atomic E-state index is 13.6. The molecule has 2 aromatic rings. The Balaban J connectivity index is 1.63. The van der Waals surface area contributed by atoms with Crippen LogP contribution in [-0.2, 0) is 4.79 Å². The van der Waals surface area contributed by atoms with Crippen LogP contribution >= 0.6 is 0 Å². The van der Waals surface area contributed by atoms with Gasteiger partial charge in [-0.15, -0.1) is 0 Å². The number of amides is 1. The highest BCUT2D eigenvalue weighted by atomic mass is 16.5. The Bertz CT molecular complexity index is 1010. The summed E-state index contributed by atoms with van der Waals surface area (Å²) in [5.41, 5.74) is 1.37. The van der Waals surface area contributed by atoms with E-state index >= 15 is 0 Å². The molecule has 1 N–H and O–H groups in total. The quantitative estimate of drug-likeness (QED) is 0.739. The summed E-state index contributed by atoms with van der Waals surface area (Å²) in [6, 6.07) is 15.2. The Morgan fingerprint density at radius 2 is 1.91 bits per heavy atom. The summed E-state index contributed by atoms with van der Waals surface area (Å²) < 4.78 is 10.8. The van der Waals surface area contributed by atoms with E-state index in [4.69, 9.17) is 14.6 Å². The molecule has 0 bridgehead atoms. The molecule has 7 nitrogen and oxygen atoms in total. The number of hydrogen-bond donors (Lipinski definition) is 1. The number of nitrogens with zero attached hydrogens (tertiary/aromatic N) is 2. The lowest BCUT2D eigenvalue weighted by Crippen LogP contribution is -2.53. The number of carboxylic acid groups (broad SMARTS) is 1. The molecule has 2 saturated heterocycles. The Hall–Kier alpha value is -3.22. The third-order valence-corrected chi connectivity index (χ3v) is 6.50. The highest BCUT2D eigenvalue weighted by Gasteiger charge is 2.51. The van der Waals surface area contributed by atoms with E-state index in [9.17, 15) is 9.59 Å². The number of rotatable bonds is 6. The summed E-state index contributed by atoms with van der Waals surface area (Å²) in [6.45, 7) is 4.64. The largest absolute Gasteiger partial charge is 0.497 e. The van der Waals surface area contributed by atoms with Crippen LogP contribution in [0.5, 0.6) is 11.5 Å². The first-order chi connectivity index (χ1) is 15.3. The van der Waals surface area contributed by atoms with E-state index in [1.54, 1.807) is 31.4 Å². The van der Waals surface area contributed by atoms with Crippen LogP contribution < -0.4 is 14.4 Å². The van der Waals surface area contributed by atoms with Gasteiger partial charge in [0.05, 0.1) is 24.8 Å². The molecule has 1 amide bonds. The number of hydrogen-bond acceptors (Lipinski definition) is 5. The molecule has 0 radical (unpaired) electrons. The van der Waals surface area contributed by atoms with Gasteiger partial charge in [0.1, 0.15) is 11.5 Å². The average Bonchev–Trinajstić information content (AvgIpc) is 3.07. The van der Waals surface area contributed by atoms with Crippen LogP contribution in [0.15, 0.2) is 48.5 Å². The van der Waals surface area contributed by atoms with E-state index in [-0.39, 0.29) is 23.5 Å². The molecule has 2 aromatic carbocycles. The van der Waals surface area contributed by atoms with Gasteiger partial charge >= 0.3 is 5.97 Å². The fourth-order valence-electron chi connectivity index (χ4n) is 5.26. The molecule has 2 fully saturated rings. The number of piperidine rings is 1.